The van der Waals surface area contributed by atoms with Gasteiger partial charge in [-0.05, 0) is 43.3 Å². The highest BCUT2D eigenvalue weighted by Crippen LogP contribution is 2.22. The molecule has 0 saturated carbocycles. The first-order valence-electron chi connectivity index (χ1n) is 7.45. The van der Waals surface area contributed by atoms with Gasteiger partial charge in [0, 0.05) is 4.90 Å². The van der Waals surface area contributed by atoms with E-state index in [2.05, 4.69) is 5.32 Å². The molecule has 1 N–H and O–H groups in total. The average Bonchev–Trinajstić information content (AvgIpc) is 2.60. The van der Waals surface area contributed by atoms with Gasteiger partial charge < -0.3 is 14.8 Å². The minimum atomic E-state index is -0.140. The molecule has 0 aliphatic rings. The van der Waals surface area contributed by atoms with Gasteiger partial charge in [-0.15, -0.1) is 11.8 Å². The molecule has 0 fully saturated rings. The van der Waals surface area contributed by atoms with E-state index < -0.39 is 0 Å². The third kappa shape index (κ3) is 5.87. The highest BCUT2D eigenvalue weighted by Gasteiger charge is 2.13. The van der Waals surface area contributed by atoms with Crippen molar-refractivity contribution in [3.8, 4) is 11.5 Å². The number of carbonyl (C=O) groups is 1. The molecule has 122 valence electrons. The molecule has 23 heavy (non-hydrogen) atoms. The summed E-state index contributed by atoms with van der Waals surface area (Å²) in [5, 5.41) is 2.75. The van der Waals surface area contributed by atoms with Crippen LogP contribution in [0.2, 0.25) is 0 Å². The minimum Gasteiger partial charge on any atom is -0.497 e. The van der Waals surface area contributed by atoms with Gasteiger partial charge in [0.05, 0.1) is 18.9 Å². The number of nitrogens with one attached hydrogen (secondary N) is 1. The number of hydrogen-bond donors (Lipinski definition) is 1. The molecule has 5 heteroatoms. The van der Waals surface area contributed by atoms with Crippen molar-refractivity contribution in [3.05, 3.63) is 54.6 Å². The van der Waals surface area contributed by atoms with E-state index in [9.17, 15) is 4.79 Å². The highest BCUT2D eigenvalue weighted by atomic mass is 32.2. The molecule has 0 radical (unpaired) electrons. The van der Waals surface area contributed by atoms with Crippen LogP contribution in [0.15, 0.2) is 59.5 Å². The van der Waals surface area contributed by atoms with Crippen molar-refractivity contribution < 1.29 is 14.3 Å². The standard InChI is InChI=1S/C18H21NO3S/c1-14(23-17-6-4-3-5-7-17)18(20)19-12-13-22-16-10-8-15(21-2)9-11-16/h3-11,14H,12-13H2,1-2H3,(H,19,20)/t14-/m0/s1. The SMILES string of the molecule is COc1ccc(OCCNC(=O)[C@H](C)Sc2ccccc2)cc1. The molecule has 0 unspecified atom stereocenters. The zero-order chi connectivity index (χ0) is 16.5. The molecule has 0 bridgehead atoms. The van der Waals surface area contributed by atoms with Crippen LogP contribution in [-0.4, -0.2) is 31.4 Å². The molecule has 0 aromatic heterocycles. The van der Waals surface area contributed by atoms with Gasteiger partial charge in [0.1, 0.15) is 18.1 Å². The molecule has 2 aromatic rings. The number of amides is 1. The summed E-state index contributed by atoms with van der Waals surface area (Å²) >= 11 is 1.54. The van der Waals surface area contributed by atoms with E-state index in [-0.39, 0.29) is 11.2 Å². The van der Waals surface area contributed by atoms with Gasteiger partial charge in [0.2, 0.25) is 5.91 Å². The Hall–Kier alpha value is -2.14. The second kappa shape index (κ2) is 9.10. The Morgan fingerprint density at radius 3 is 2.39 bits per heavy atom. The lowest BCUT2D eigenvalue weighted by molar-refractivity contribution is -0.120. The fourth-order valence-electron chi connectivity index (χ4n) is 1.92. The fraction of sp³-hybridized carbons (Fsp3) is 0.278. The maximum atomic E-state index is 12.0. The molecule has 0 spiro atoms. The topological polar surface area (TPSA) is 47.6 Å². The largest absolute Gasteiger partial charge is 0.497 e. The quantitative estimate of drug-likeness (QED) is 0.595. The summed E-state index contributed by atoms with van der Waals surface area (Å²) in [6, 6.07) is 17.3. The number of hydrogen-bond acceptors (Lipinski definition) is 4. The molecule has 2 aromatic carbocycles. The van der Waals surface area contributed by atoms with Gasteiger partial charge in [-0.3, -0.25) is 4.79 Å². The van der Waals surface area contributed by atoms with Crippen LogP contribution in [0.3, 0.4) is 0 Å². The number of carbonyl (C=O) groups excluding carboxylic acids is 1. The van der Waals surface area contributed by atoms with Crippen molar-refractivity contribution in [2.75, 3.05) is 20.3 Å². The summed E-state index contributed by atoms with van der Waals surface area (Å²) in [5.74, 6) is 1.56. The van der Waals surface area contributed by atoms with Crippen LogP contribution < -0.4 is 14.8 Å². The van der Waals surface area contributed by atoms with Crippen molar-refractivity contribution >= 4 is 17.7 Å². The molecule has 2 rings (SSSR count). The second-order valence-electron chi connectivity index (χ2n) is 4.89. The molecule has 1 amide bonds. The lowest BCUT2D eigenvalue weighted by Gasteiger charge is -2.12. The van der Waals surface area contributed by atoms with Crippen LogP contribution in [0.25, 0.3) is 0 Å². The van der Waals surface area contributed by atoms with Crippen LogP contribution in [0.4, 0.5) is 0 Å². The van der Waals surface area contributed by atoms with Crippen LogP contribution in [0.5, 0.6) is 11.5 Å². The maximum absolute atomic E-state index is 12.0. The Balaban J connectivity index is 1.67. The van der Waals surface area contributed by atoms with Crippen LogP contribution in [-0.2, 0) is 4.79 Å². The van der Waals surface area contributed by atoms with E-state index in [1.807, 2.05) is 61.5 Å². The van der Waals surface area contributed by atoms with Crippen molar-refractivity contribution in [2.24, 2.45) is 0 Å². The summed E-state index contributed by atoms with van der Waals surface area (Å²) in [5.41, 5.74) is 0. The molecule has 0 aliphatic heterocycles. The van der Waals surface area contributed by atoms with Crippen LogP contribution in [0, 0.1) is 0 Å². The van der Waals surface area contributed by atoms with Crippen LogP contribution in [0.1, 0.15) is 6.92 Å². The second-order valence-corrected chi connectivity index (χ2v) is 6.30. The van der Waals surface area contributed by atoms with E-state index in [4.69, 9.17) is 9.47 Å². The Kier molecular flexibility index (Phi) is 6.81. The molecule has 4 nitrogen and oxygen atoms in total. The fourth-order valence-corrected chi connectivity index (χ4v) is 2.83. The van der Waals surface area contributed by atoms with Crippen molar-refractivity contribution in [1.29, 1.82) is 0 Å². The van der Waals surface area contributed by atoms with Crippen molar-refractivity contribution in [3.63, 3.8) is 0 Å². The Labute approximate surface area is 141 Å². The smallest absolute Gasteiger partial charge is 0.233 e. The zero-order valence-corrected chi connectivity index (χ0v) is 14.1. The predicted molar refractivity (Wildman–Crippen MR) is 93.3 cm³/mol. The first-order valence-corrected chi connectivity index (χ1v) is 8.33. The van der Waals surface area contributed by atoms with Gasteiger partial charge >= 0.3 is 0 Å². The number of benzene rings is 2. The molecular weight excluding hydrogens is 310 g/mol. The first kappa shape index (κ1) is 17.2. The molecular formula is C18H21NO3S. The molecule has 0 saturated heterocycles. The lowest BCUT2D eigenvalue weighted by atomic mass is 10.3. The van der Waals surface area contributed by atoms with E-state index >= 15 is 0 Å². The zero-order valence-electron chi connectivity index (χ0n) is 13.3. The first-order chi connectivity index (χ1) is 11.2. The third-order valence-corrected chi connectivity index (χ3v) is 4.27. The maximum Gasteiger partial charge on any atom is 0.233 e. The van der Waals surface area contributed by atoms with E-state index in [1.54, 1.807) is 18.9 Å². The predicted octanol–water partition coefficient (Wildman–Crippen LogP) is 3.37. The van der Waals surface area contributed by atoms with E-state index in [1.165, 1.54) is 0 Å². The summed E-state index contributed by atoms with van der Waals surface area (Å²) < 4.78 is 10.7. The van der Waals surface area contributed by atoms with Gasteiger partial charge in [0.15, 0.2) is 0 Å². The molecule has 0 heterocycles. The van der Waals surface area contributed by atoms with Gasteiger partial charge in [-0.1, -0.05) is 18.2 Å². The van der Waals surface area contributed by atoms with E-state index in [0.717, 1.165) is 16.4 Å². The minimum absolute atomic E-state index is 0.0113. The number of thioether (sulfide) groups is 1. The summed E-state index contributed by atoms with van der Waals surface area (Å²) in [4.78, 5) is 13.1. The number of methoxy groups -OCH3 is 1. The summed E-state index contributed by atoms with van der Waals surface area (Å²) in [7, 11) is 1.63. The number of rotatable bonds is 8. The van der Waals surface area contributed by atoms with Gasteiger partial charge in [-0.25, -0.2) is 0 Å². The normalized spacial score (nSPS) is 11.6. The molecule has 1 atom stereocenters. The summed E-state index contributed by atoms with van der Waals surface area (Å²) in [6.07, 6.45) is 0. The Bertz CT molecular complexity index is 601. The number of ether oxygens (including phenoxy) is 2. The van der Waals surface area contributed by atoms with Crippen molar-refractivity contribution in [1.82, 2.24) is 5.32 Å². The summed E-state index contributed by atoms with van der Waals surface area (Å²) in [6.45, 7) is 2.81. The van der Waals surface area contributed by atoms with Gasteiger partial charge in [-0.2, -0.15) is 0 Å². The van der Waals surface area contributed by atoms with Gasteiger partial charge in [0.25, 0.3) is 0 Å². The lowest BCUT2D eigenvalue weighted by Crippen LogP contribution is -2.33. The third-order valence-electron chi connectivity index (χ3n) is 3.15. The Morgan fingerprint density at radius 2 is 1.74 bits per heavy atom. The van der Waals surface area contributed by atoms with Crippen LogP contribution >= 0.6 is 11.8 Å². The molecule has 0 aliphatic carbocycles. The monoisotopic (exact) mass is 331 g/mol. The Morgan fingerprint density at radius 1 is 1.09 bits per heavy atom. The van der Waals surface area contributed by atoms with E-state index in [0.29, 0.717) is 13.2 Å². The van der Waals surface area contributed by atoms with Crippen molar-refractivity contribution in [2.45, 2.75) is 17.1 Å². The average molecular weight is 331 g/mol. The highest BCUT2D eigenvalue weighted by molar-refractivity contribution is 8.00.